The lowest BCUT2D eigenvalue weighted by Gasteiger charge is -2.19. The summed E-state index contributed by atoms with van der Waals surface area (Å²) in [6, 6.07) is 0. The van der Waals surface area contributed by atoms with E-state index in [-0.39, 0.29) is 24.2 Å². The maximum absolute atomic E-state index is 14.9. The van der Waals surface area contributed by atoms with Crippen LogP contribution in [-0.2, 0) is 0 Å². The van der Waals surface area contributed by atoms with Crippen molar-refractivity contribution in [3.8, 4) is 0 Å². The average Bonchev–Trinajstić information content (AvgIpc) is 3.26. The molecule has 0 amide bonds. The molecule has 0 saturated heterocycles. The van der Waals surface area contributed by atoms with Crippen LogP contribution < -0.4 is 0 Å². The van der Waals surface area contributed by atoms with E-state index in [1.54, 1.807) is 0 Å². The molecule has 7 atom stereocenters. The lowest BCUT2D eigenvalue weighted by molar-refractivity contribution is 0.0823. The summed E-state index contributed by atoms with van der Waals surface area (Å²) in [4.78, 5) is 0. The highest BCUT2D eigenvalue weighted by Gasteiger charge is 2.63. The lowest BCUT2D eigenvalue weighted by Crippen LogP contribution is -2.19. The molecule has 0 heterocycles. The number of halogens is 3. The molecular formula is C18H29F3. The topological polar surface area (TPSA) is 0 Å². The Morgan fingerprint density at radius 1 is 1.00 bits per heavy atom. The molecule has 0 nitrogen and oxygen atoms in total. The third kappa shape index (κ3) is 2.99. The summed E-state index contributed by atoms with van der Waals surface area (Å²) in [6.45, 7) is 8.41. The molecular weight excluding hydrogens is 273 g/mol. The Labute approximate surface area is 126 Å². The molecule has 0 aromatic heterocycles. The highest BCUT2D eigenvalue weighted by atomic mass is 19.3. The van der Waals surface area contributed by atoms with Crippen molar-refractivity contribution in [1.29, 1.82) is 0 Å². The average molecular weight is 302 g/mol. The van der Waals surface area contributed by atoms with E-state index in [2.05, 4.69) is 13.8 Å². The van der Waals surface area contributed by atoms with E-state index < -0.39 is 17.5 Å². The second-order valence-corrected chi connectivity index (χ2v) is 8.65. The van der Waals surface area contributed by atoms with E-state index in [1.807, 2.05) is 13.8 Å². The van der Waals surface area contributed by atoms with Crippen LogP contribution in [0, 0.1) is 41.4 Å². The normalized spacial score (nSPS) is 46.3. The van der Waals surface area contributed by atoms with Gasteiger partial charge < -0.3 is 0 Å². The van der Waals surface area contributed by atoms with Gasteiger partial charge in [-0.2, -0.15) is 0 Å². The molecule has 0 spiro atoms. The molecule has 3 saturated carbocycles. The van der Waals surface area contributed by atoms with Crippen LogP contribution in [0.25, 0.3) is 0 Å². The molecule has 0 radical (unpaired) electrons. The maximum Gasteiger partial charge on any atom is 0.251 e. The van der Waals surface area contributed by atoms with Gasteiger partial charge in [0, 0.05) is 12.3 Å². The van der Waals surface area contributed by atoms with Gasteiger partial charge in [-0.3, -0.25) is 0 Å². The highest BCUT2D eigenvalue weighted by molar-refractivity contribution is 5.10. The van der Waals surface area contributed by atoms with Gasteiger partial charge in [-0.15, -0.1) is 0 Å². The summed E-state index contributed by atoms with van der Waals surface area (Å²) in [5, 5.41) is 0. The van der Waals surface area contributed by atoms with Crippen LogP contribution in [0.2, 0.25) is 0 Å². The van der Waals surface area contributed by atoms with E-state index in [0.717, 1.165) is 12.3 Å². The van der Waals surface area contributed by atoms with Gasteiger partial charge >= 0.3 is 0 Å². The smallest absolute Gasteiger partial charge is 0.243 e. The summed E-state index contributed by atoms with van der Waals surface area (Å²) in [5.41, 5.74) is -1.05. The van der Waals surface area contributed by atoms with Crippen LogP contribution >= 0.6 is 0 Å². The minimum atomic E-state index is -2.46. The predicted octanol–water partition coefficient (Wildman–Crippen LogP) is 5.71. The lowest BCUT2D eigenvalue weighted by atomic mass is 9.90. The van der Waals surface area contributed by atoms with Crippen molar-refractivity contribution in [2.24, 2.45) is 41.4 Å². The third-order valence-electron chi connectivity index (χ3n) is 6.60. The first-order valence-corrected chi connectivity index (χ1v) is 8.72. The molecule has 0 N–H and O–H groups in total. The molecule has 21 heavy (non-hydrogen) atoms. The first-order valence-electron chi connectivity index (χ1n) is 8.72. The van der Waals surface area contributed by atoms with Gasteiger partial charge in [-0.05, 0) is 61.2 Å². The van der Waals surface area contributed by atoms with Crippen molar-refractivity contribution in [1.82, 2.24) is 0 Å². The monoisotopic (exact) mass is 302 g/mol. The molecule has 0 aromatic rings. The van der Waals surface area contributed by atoms with E-state index in [1.165, 1.54) is 6.42 Å². The van der Waals surface area contributed by atoms with Crippen LogP contribution in [0.1, 0.15) is 59.8 Å². The fourth-order valence-corrected chi connectivity index (χ4v) is 4.67. The molecule has 3 aliphatic rings. The molecule has 0 aromatic carbocycles. The Morgan fingerprint density at radius 3 is 2.10 bits per heavy atom. The van der Waals surface area contributed by atoms with Gasteiger partial charge in [0.15, 0.2) is 0 Å². The number of alkyl halides is 3. The van der Waals surface area contributed by atoms with Crippen molar-refractivity contribution in [2.45, 2.75) is 71.4 Å². The first kappa shape index (κ1) is 15.7. The van der Waals surface area contributed by atoms with Gasteiger partial charge in [0.05, 0.1) is 0 Å². The second-order valence-electron chi connectivity index (χ2n) is 8.65. The maximum atomic E-state index is 14.9. The predicted molar refractivity (Wildman–Crippen MR) is 79.0 cm³/mol. The van der Waals surface area contributed by atoms with Crippen LogP contribution in [0.5, 0.6) is 0 Å². The van der Waals surface area contributed by atoms with E-state index in [9.17, 15) is 13.2 Å². The van der Waals surface area contributed by atoms with Crippen molar-refractivity contribution in [3.63, 3.8) is 0 Å². The number of rotatable bonds is 7. The van der Waals surface area contributed by atoms with Gasteiger partial charge in [0.1, 0.15) is 5.67 Å². The molecule has 3 fully saturated rings. The minimum absolute atomic E-state index is 0.0217. The zero-order valence-electron chi connectivity index (χ0n) is 13.7. The quantitative estimate of drug-likeness (QED) is 0.564. The van der Waals surface area contributed by atoms with Crippen molar-refractivity contribution < 1.29 is 13.2 Å². The van der Waals surface area contributed by atoms with Gasteiger partial charge in [0.2, 0.25) is 0 Å². The first-order chi connectivity index (χ1) is 9.65. The van der Waals surface area contributed by atoms with Crippen molar-refractivity contribution >= 4 is 0 Å². The molecule has 7 unspecified atom stereocenters. The summed E-state index contributed by atoms with van der Waals surface area (Å²) in [7, 11) is 0. The Bertz CT molecular complexity index is 405. The molecule has 3 aliphatic carbocycles. The molecule has 3 heteroatoms. The highest BCUT2D eigenvalue weighted by Crippen LogP contribution is 2.62. The second kappa shape index (κ2) is 4.89. The van der Waals surface area contributed by atoms with Gasteiger partial charge in [-0.25, -0.2) is 13.2 Å². The van der Waals surface area contributed by atoms with Crippen molar-refractivity contribution in [3.05, 3.63) is 0 Å². The molecule has 3 rings (SSSR count). The zero-order valence-corrected chi connectivity index (χ0v) is 13.7. The summed E-state index contributed by atoms with van der Waals surface area (Å²) in [6.07, 6.45) is 3.53. The van der Waals surface area contributed by atoms with Crippen LogP contribution in [-0.4, -0.2) is 11.6 Å². The Kier molecular flexibility index (Phi) is 3.65. The van der Waals surface area contributed by atoms with Crippen LogP contribution in [0.4, 0.5) is 13.2 Å². The fraction of sp³-hybridized carbons (Fsp3) is 1.00. The summed E-state index contributed by atoms with van der Waals surface area (Å²) in [5.74, 6) is -0.623. The number of hydrogen-bond donors (Lipinski definition) is 0. The Balaban J connectivity index is 1.44. The van der Waals surface area contributed by atoms with E-state index >= 15 is 0 Å². The van der Waals surface area contributed by atoms with E-state index in [4.69, 9.17) is 0 Å². The Hall–Kier alpha value is -0.210. The van der Waals surface area contributed by atoms with Crippen molar-refractivity contribution in [2.75, 3.05) is 0 Å². The van der Waals surface area contributed by atoms with Gasteiger partial charge in [-0.1, -0.05) is 27.7 Å². The van der Waals surface area contributed by atoms with Crippen LogP contribution in [0.3, 0.4) is 0 Å². The van der Waals surface area contributed by atoms with Crippen LogP contribution in [0.15, 0.2) is 0 Å². The minimum Gasteiger partial charge on any atom is -0.243 e. The number of hydrogen-bond acceptors (Lipinski definition) is 0. The zero-order chi connectivity index (χ0) is 15.6. The fourth-order valence-electron chi connectivity index (χ4n) is 4.67. The largest absolute Gasteiger partial charge is 0.251 e. The van der Waals surface area contributed by atoms with Gasteiger partial charge in [0.25, 0.3) is 5.92 Å². The summed E-state index contributed by atoms with van der Waals surface area (Å²) >= 11 is 0. The standard InChI is InChI=1S/C18H29F3/c1-10(2)15-7-13(15)6-12(4)17(19)8-14(17)5-11(3)16-9-18(16,20)21/h10-16H,5-9H2,1-4H3. The summed E-state index contributed by atoms with van der Waals surface area (Å²) < 4.78 is 41.1. The van der Waals surface area contributed by atoms with E-state index in [0.29, 0.717) is 24.7 Å². The SMILES string of the molecule is CC(C)C1CC1CC(C)C1(F)CC1CC(C)C1CC1(F)F. The molecule has 122 valence electrons. The third-order valence-corrected chi connectivity index (χ3v) is 6.60. The Morgan fingerprint density at radius 2 is 1.62 bits per heavy atom. The molecule has 0 bridgehead atoms. The molecule has 0 aliphatic heterocycles.